The van der Waals surface area contributed by atoms with Crippen molar-refractivity contribution in [2.75, 3.05) is 0 Å². The summed E-state index contributed by atoms with van der Waals surface area (Å²) < 4.78 is 1.33. The monoisotopic (exact) mass is 222 g/mol. The van der Waals surface area contributed by atoms with Gasteiger partial charge in [-0.15, -0.1) is 0 Å². The number of hydrogen-bond acceptors (Lipinski definition) is 0. The van der Waals surface area contributed by atoms with Crippen molar-refractivity contribution in [2.45, 2.75) is 20.3 Å². The van der Waals surface area contributed by atoms with Gasteiger partial charge in [0.05, 0.1) is 0 Å². The molecule has 0 unspecified atom stereocenters. The van der Waals surface area contributed by atoms with Crippen LogP contribution in [0.1, 0.15) is 20.3 Å². The van der Waals surface area contributed by atoms with E-state index in [2.05, 4.69) is 54.7 Å². The van der Waals surface area contributed by atoms with Gasteiger partial charge in [0.2, 0.25) is 0 Å². The van der Waals surface area contributed by atoms with E-state index in [0.29, 0.717) is 0 Å². The van der Waals surface area contributed by atoms with E-state index in [1.54, 1.807) is 0 Å². The van der Waals surface area contributed by atoms with Gasteiger partial charge in [-0.05, 0) is 39.5 Å². The second kappa shape index (κ2) is 5.35. The minimum atomic E-state index is 1.13. The zero-order valence-corrected chi connectivity index (χ0v) is 7.47. The van der Waals surface area contributed by atoms with Crippen molar-refractivity contribution < 1.29 is 0 Å². The highest BCUT2D eigenvalue weighted by atomic mass is 127. The Morgan fingerprint density at radius 3 is 2.62 bits per heavy atom. The van der Waals surface area contributed by atoms with Crippen LogP contribution in [0, 0.1) is 0 Å². The summed E-state index contributed by atoms with van der Waals surface area (Å²) in [4.78, 5) is 0. The summed E-state index contributed by atoms with van der Waals surface area (Å²) in [6, 6.07) is 0. The highest BCUT2D eigenvalue weighted by Crippen LogP contribution is 2.02. The summed E-state index contributed by atoms with van der Waals surface area (Å²) in [5, 5.41) is 0. The maximum atomic E-state index is 2.29. The van der Waals surface area contributed by atoms with Crippen LogP contribution in [0.2, 0.25) is 0 Å². The molecule has 0 aromatic rings. The van der Waals surface area contributed by atoms with Gasteiger partial charge in [-0.3, -0.25) is 0 Å². The highest BCUT2D eigenvalue weighted by molar-refractivity contribution is 14.1. The molecule has 0 bridgehead atoms. The normalized spacial score (nSPS) is 13.1. The van der Waals surface area contributed by atoms with Crippen molar-refractivity contribution in [3.05, 3.63) is 21.8 Å². The molecule has 0 aliphatic rings. The van der Waals surface area contributed by atoms with Crippen molar-refractivity contribution in [3.63, 3.8) is 0 Å². The average Bonchev–Trinajstić information content (AvgIpc) is 1.66. The summed E-state index contributed by atoms with van der Waals surface area (Å²) in [5.41, 5.74) is 0. The fraction of sp³-hybridized carbons (Fsp3) is 0.429. The van der Waals surface area contributed by atoms with Crippen molar-refractivity contribution in [2.24, 2.45) is 0 Å². The van der Waals surface area contributed by atoms with Gasteiger partial charge >= 0.3 is 0 Å². The fourth-order valence-electron chi connectivity index (χ4n) is 0.337. The molecule has 0 spiro atoms. The Morgan fingerprint density at radius 2 is 2.25 bits per heavy atom. The van der Waals surface area contributed by atoms with E-state index in [4.69, 9.17) is 0 Å². The van der Waals surface area contributed by atoms with Crippen molar-refractivity contribution >= 4 is 22.6 Å². The van der Waals surface area contributed by atoms with E-state index >= 15 is 0 Å². The van der Waals surface area contributed by atoms with E-state index in [9.17, 15) is 0 Å². The third-order valence-corrected chi connectivity index (χ3v) is 1.06. The van der Waals surface area contributed by atoms with Crippen LogP contribution in [-0.4, -0.2) is 0 Å². The Bertz CT molecular complexity index is 97.0. The Labute approximate surface area is 64.8 Å². The summed E-state index contributed by atoms with van der Waals surface area (Å²) in [6.07, 6.45) is 7.45. The molecule has 0 N–H and O–H groups in total. The minimum Gasteiger partial charge on any atom is -0.0848 e. The second-order valence-electron chi connectivity index (χ2n) is 1.59. The van der Waals surface area contributed by atoms with Gasteiger partial charge in [-0.1, -0.05) is 25.2 Å². The van der Waals surface area contributed by atoms with Crippen molar-refractivity contribution in [3.8, 4) is 0 Å². The molecule has 1 heteroatoms. The first kappa shape index (κ1) is 8.21. The third-order valence-electron chi connectivity index (χ3n) is 0.698. The van der Waals surface area contributed by atoms with E-state index in [-0.39, 0.29) is 0 Å². The van der Waals surface area contributed by atoms with Crippen LogP contribution in [0.5, 0.6) is 0 Å². The quantitative estimate of drug-likeness (QED) is 0.496. The smallest absolute Gasteiger partial charge is 0.0125 e. The minimum absolute atomic E-state index is 1.13. The van der Waals surface area contributed by atoms with Crippen molar-refractivity contribution in [1.82, 2.24) is 0 Å². The molecule has 0 fully saturated rings. The molecule has 0 aliphatic heterocycles. The third kappa shape index (κ3) is 6.21. The summed E-state index contributed by atoms with van der Waals surface area (Å²) in [5.74, 6) is 0. The predicted octanol–water partition coefficient (Wildman–Crippen LogP) is 3.29. The fourth-order valence-corrected chi connectivity index (χ4v) is 0.544. The van der Waals surface area contributed by atoms with E-state index in [1.165, 1.54) is 3.58 Å². The Kier molecular flexibility index (Phi) is 5.49. The Balaban J connectivity index is 3.42. The first-order chi connectivity index (χ1) is 3.77. The Hall–Kier alpha value is 0.210. The van der Waals surface area contributed by atoms with Gasteiger partial charge in [0.15, 0.2) is 0 Å². The highest BCUT2D eigenvalue weighted by Gasteiger charge is 1.69. The van der Waals surface area contributed by atoms with Crippen LogP contribution < -0.4 is 0 Å². The van der Waals surface area contributed by atoms with Gasteiger partial charge in [0.25, 0.3) is 0 Å². The molecular formula is C7H11I. The summed E-state index contributed by atoms with van der Waals surface area (Å²) in [7, 11) is 0. The molecule has 0 aromatic heterocycles. The molecule has 0 aromatic carbocycles. The van der Waals surface area contributed by atoms with Crippen molar-refractivity contribution in [1.29, 1.82) is 0 Å². The SMILES string of the molecule is CC/C=C\C=C(/C)I. The predicted molar refractivity (Wildman–Crippen MR) is 47.2 cm³/mol. The van der Waals surface area contributed by atoms with Crippen LogP contribution in [-0.2, 0) is 0 Å². The Morgan fingerprint density at radius 1 is 1.62 bits per heavy atom. The molecule has 0 atom stereocenters. The summed E-state index contributed by atoms with van der Waals surface area (Å²) >= 11 is 2.29. The van der Waals surface area contributed by atoms with Crippen LogP contribution in [0.15, 0.2) is 21.8 Å². The van der Waals surface area contributed by atoms with Gasteiger partial charge in [-0.25, -0.2) is 0 Å². The largest absolute Gasteiger partial charge is 0.0848 e. The van der Waals surface area contributed by atoms with Crippen LogP contribution >= 0.6 is 22.6 Å². The van der Waals surface area contributed by atoms with Gasteiger partial charge < -0.3 is 0 Å². The first-order valence-corrected chi connectivity index (χ1v) is 3.84. The average molecular weight is 222 g/mol. The molecule has 0 aliphatic carbocycles. The molecule has 8 heavy (non-hydrogen) atoms. The maximum Gasteiger partial charge on any atom is -0.0125 e. The standard InChI is InChI=1S/C7H11I/c1-3-4-5-6-7(2)8/h4-6H,3H2,1-2H3/b5-4-,7-6+. The zero-order chi connectivity index (χ0) is 6.41. The number of hydrogen-bond donors (Lipinski definition) is 0. The summed E-state index contributed by atoms with van der Waals surface area (Å²) in [6.45, 7) is 4.22. The lowest BCUT2D eigenvalue weighted by Crippen LogP contribution is -1.54. The molecule has 0 rings (SSSR count). The van der Waals surface area contributed by atoms with Gasteiger partial charge in [-0.2, -0.15) is 0 Å². The lowest BCUT2D eigenvalue weighted by molar-refractivity contribution is 1.22. The number of halogens is 1. The lowest BCUT2D eigenvalue weighted by atomic mass is 10.4. The number of rotatable bonds is 2. The number of allylic oxidation sites excluding steroid dienone is 4. The van der Waals surface area contributed by atoms with Gasteiger partial charge in [0, 0.05) is 0 Å². The second-order valence-corrected chi connectivity index (χ2v) is 3.29. The molecule has 0 saturated carbocycles. The molecule has 46 valence electrons. The molecule has 0 nitrogen and oxygen atoms in total. The topological polar surface area (TPSA) is 0 Å². The van der Waals surface area contributed by atoms with E-state index < -0.39 is 0 Å². The molecular weight excluding hydrogens is 211 g/mol. The molecule has 0 radical (unpaired) electrons. The van der Waals surface area contributed by atoms with Crippen LogP contribution in [0.3, 0.4) is 0 Å². The first-order valence-electron chi connectivity index (χ1n) is 2.76. The lowest BCUT2D eigenvalue weighted by Gasteiger charge is -1.78. The van der Waals surface area contributed by atoms with Gasteiger partial charge in [0.1, 0.15) is 0 Å². The molecule has 0 heterocycles. The van der Waals surface area contributed by atoms with Crippen LogP contribution in [0.4, 0.5) is 0 Å². The molecule has 0 amide bonds. The zero-order valence-electron chi connectivity index (χ0n) is 5.32. The van der Waals surface area contributed by atoms with Crippen LogP contribution in [0.25, 0.3) is 0 Å². The van der Waals surface area contributed by atoms with E-state index in [1.807, 2.05) is 0 Å². The van der Waals surface area contributed by atoms with E-state index in [0.717, 1.165) is 6.42 Å². The molecule has 0 saturated heterocycles. The maximum absolute atomic E-state index is 2.29.